The van der Waals surface area contributed by atoms with Crippen LogP contribution in [0.4, 0.5) is 0 Å². The molecule has 4 heteroatoms. The average Bonchev–Trinajstić information content (AvgIpc) is 2.75. The summed E-state index contributed by atoms with van der Waals surface area (Å²) in [6.07, 6.45) is 6.00. The lowest BCUT2D eigenvalue weighted by Gasteiger charge is -2.36. The minimum atomic E-state index is 0.142. The first-order valence-electron chi connectivity index (χ1n) is 6.79. The zero-order valence-electron chi connectivity index (χ0n) is 10.7. The Morgan fingerprint density at radius 3 is 2.76 bits per heavy atom. The quantitative estimate of drug-likeness (QED) is 0.745. The normalized spacial score (nSPS) is 25.5. The molecule has 96 valence electrons. The van der Waals surface area contributed by atoms with Gasteiger partial charge in [-0.2, -0.15) is 0 Å². The highest BCUT2D eigenvalue weighted by molar-refractivity contribution is 5.86. The Morgan fingerprint density at radius 1 is 1.29 bits per heavy atom. The van der Waals surface area contributed by atoms with E-state index in [0.717, 1.165) is 38.8 Å². The summed E-state index contributed by atoms with van der Waals surface area (Å²) >= 11 is 0. The molecule has 2 aliphatic rings. The highest BCUT2D eigenvalue weighted by atomic mass is 16.2. The molecule has 0 aliphatic carbocycles. The van der Waals surface area contributed by atoms with Crippen molar-refractivity contribution in [3.63, 3.8) is 0 Å². The van der Waals surface area contributed by atoms with Crippen LogP contribution in [0.5, 0.6) is 0 Å². The van der Waals surface area contributed by atoms with Crippen molar-refractivity contribution in [1.82, 2.24) is 9.80 Å². The first kappa shape index (κ1) is 12.4. The lowest BCUT2D eigenvalue weighted by atomic mass is 10.00. The number of hydrogen-bond donors (Lipinski definition) is 0. The van der Waals surface area contributed by atoms with Crippen LogP contribution >= 0.6 is 0 Å². The molecule has 0 aromatic heterocycles. The minimum absolute atomic E-state index is 0.142. The van der Waals surface area contributed by atoms with E-state index in [2.05, 4.69) is 6.92 Å². The lowest BCUT2D eigenvalue weighted by molar-refractivity contribution is -0.140. The van der Waals surface area contributed by atoms with E-state index >= 15 is 0 Å². The van der Waals surface area contributed by atoms with Crippen molar-refractivity contribution in [2.75, 3.05) is 19.6 Å². The van der Waals surface area contributed by atoms with E-state index in [-0.39, 0.29) is 11.8 Å². The molecule has 2 amide bonds. The number of carbonyl (C=O) groups is 2. The fourth-order valence-corrected chi connectivity index (χ4v) is 2.88. The molecule has 0 bridgehead atoms. The van der Waals surface area contributed by atoms with Crippen molar-refractivity contribution in [1.29, 1.82) is 0 Å². The molecule has 0 radical (unpaired) electrons. The number of piperidine rings is 1. The van der Waals surface area contributed by atoms with Gasteiger partial charge in [0.1, 0.15) is 0 Å². The van der Waals surface area contributed by atoms with Gasteiger partial charge >= 0.3 is 0 Å². The van der Waals surface area contributed by atoms with E-state index in [9.17, 15) is 9.59 Å². The van der Waals surface area contributed by atoms with E-state index in [1.807, 2.05) is 4.90 Å². The number of likely N-dealkylation sites (tertiary alicyclic amines) is 2. The summed E-state index contributed by atoms with van der Waals surface area (Å²) in [5, 5.41) is 0. The van der Waals surface area contributed by atoms with E-state index in [4.69, 9.17) is 0 Å². The Hall–Kier alpha value is -1.06. The van der Waals surface area contributed by atoms with Crippen LogP contribution in [0.3, 0.4) is 0 Å². The van der Waals surface area contributed by atoms with Crippen LogP contribution in [0.15, 0.2) is 0 Å². The minimum Gasteiger partial charge on any atom is -0.338 e. The Labute approximate surface area is 103 Å². The molecule has 0 aromatic rings. The third kappa shape index (κ3) is 2.79. The summed E-state index contributed by atoms with van der Waals surface area (Å²) in [6.45, 7) is 4.07. The van der Waals surface area contributed by atoms with Crippen LogP contribution in [-0.2, 0) is 9.59 Å². The molecule has 2 saturated heterocycles. The Morgan fingerprint density at radius 2 is 2.12 bits per heavy atom. The SMILES string of the molecule is CCC1CCCCN1C(=O)CN1CCCC1=O. The van der Waals surface area contributed by atoms with E-state index in [1.54, 1.807) is 4.90 Å². The van der Waals surface area contributed by atoms with Crippen molar-refractivity contribution in [3.8, 4) is 0 Å². The Bertz CT molecular complexity index is 304. The van der Waals surface area contributed by atoms with Crippen LogP contribution in [-0.4, -0.2) is 47.3 Å². The average molecular weight is 238 g/mol. The van der Waals surface area contributed by atoms with Crippen molar-refractivity contribution < 1.29 is 9.59 Å². The fourth-order valence-electron chi connectivity index (χ4n) is 2.88. The maximum Gasteiger partial charge on any atom is 0.242 e. The second-order valence-electron chi connectivity index (χ2n) is 5.06. The predicted octanol–water partition coefficient (Wildman–Crippen LogP) is 1.40. The second kappa shape index (κ2) is 5.52. The van der Waals surface area contributed by atoms with Crippen LogP contribution in [0.2, 0.25) is 0 Å². The molecule has 0 N–H and O–H groups in total. The van der Waals surface area contributed by atoms with Crippen molar-refractivity contribution >= 4 is 11.8 Å². The van der Waals surface area contributed by atoms with Gasteiger partial charge in [0, 0.05) is 25.6 Å². The molecule has 4 nitrogen and oxygen atoms in total. The highest BCUT2D eigenvalue weighted by Gasteiger charge is 2.29. The molecule has 2 heterocycles. The molecule has 17 heavy (non-hydrogen) atoms. The molecule has 0 spiro atoms. The largest absolute Gasteiger partial charge is 0.338 e. The van der Waals surface area contributed by atoms with Gasteiger partial charge in [-0.05, 0) is 32.1 Å². The van der Waals surface area contributed by atoms with Gasteiger partial charge in [0.05, 0.1) is 6.54 Å². The second-order valence-corrected chi connectivity index (χ2v) is 5.06. The maximum atomic E-state index is 12.2. The molecule has 0 aromatic carbocycles. The molecule has 0 saturated carbocycles. The number of nitrogens with zero attached hydrogens (tertiary/aromatic N) is 2. The number of amides is 2. The van der Waals surface area contributed by atoms with Crippen molar-refractivity contribution in [2.45, 2.75) is 51.5 Å². The summed E-state index contributed by atoms with van der Waals surface area (Å²) in [5.41, 5.74) is 0. The zero-order valence-corrected chi connectivity index (χ0v) is 10.7. The van der Waals surface area contributed by atoms with Gasteiger partial charge in [0.2, 0.25) is 11.8 Å². The third-order valence-electron chi connectivity index (χ3n) is 3.92. The first-order chi connectivity index (χ1) is 8.22. The van der Waals surface area contributed by atoms with Crippen LogP contribution < -0.4 is 0 Å². The molecule has 2 rings (SSSR count). The lowest BCUT2D eigenvalue weighted by Crippen LogP contribution is -2.48. The van der Waals surface area contributed by atoms with E-state index in [1.165, 1.54) is 6.42 Å². The van der Waals surface area contributed by atoms with Gasteiger partial charge in [-0.1, -0.05) is 6.92 Å². The Balaban J connectivity index is 1.91. The summed E-state index contributed by atoms with van der Waals surface area (Å²) in [6, 6.07) is 0.397. The van der Waals surface area contributed by atoms with Crippen molar-refractivity contribution in [2.24, 2.45) is 0 Å². The standard InChI is InChI=1S/C13H22N2O2/c1-2-11-6-3-4-9-15(11)13(17)10-14-8-5-7-12(14)16/h11H,2-10H2,1H3. The topological polar surface area (TPSA) is 40.6 Å². The van der Waals surface area contributed by atoms with Gasteiger partial charge in [-0.25, -0.2) is 0 Å². The first-order valence-corrected chi connectivity index (χ1v) is 6.79. The fraction of sp³-hybridized carbons (Fsp3) is 0.846. The monoisotopic (exact) mass is 238 g/mol. The van der Waals surface area contributed by atoms with Gasteiger partial charge in [0.25, 0.3) is 0 Å². The number of hydrogen-bond acceptors (Lipinski definition) is 2. The molecule has 1 unspecified atom stereocenters. The number of rotatable bonds is 3. The summed E-state index contributed by atoms with van der Waals surface area (Å²) in [4.78, 5) is 27.4. The molecule has 1 atom stereocenters. The summed E-state index contributed by atoms with van der Waals surface area (Å²) in [5.74, 6) is 0.287. The Kier molecular flexibility index (Phi) is 4.02. The van der Waals surface area contributed by atoms with Crippen molar-refractivity contribution in [3.05, 3.63) is 0 Å². The van der Waals surface area contributed by atoms with E-state index in [0.29, 0.717) is 19.0 Å². The van der Waals surface area contributed by atoms with Gasteiger partial charge in [-0.15, -0.1) is 0 Å². The summed E-state index contributed by atoms with van der Waals surface area (Å²) < 4.78 is 0. The van der Waals surface area contributed by atoms with E-state index < -0.39 is 0 Å². The maximum absolute atomic E-state index is 12.2. The molecule has 2 fully saturated rings. The summed E-state index contributed by atoms with van der Waals surface area (Å²) in [7, 11) is 0. The molecular weight excluding hydrogens is 216 g/mol. The third-order valence-corrected chi connectivity index (χ3v) is 3.92. The zero-order chi connectivity index (χ0) is 12.3. The number of carbonyl (C=O) groups excluding carboxylic acids is 2. The van der Waals surface area contributed by atoms with Crippen LogP contribution in [0.1, 0.15) is 45.4 Å². The predicted molar refractivity (Wildman–Crippen MR) is 65.5 cm³/mol. The highest BCUT2D eigenvalue weighted by Crippen LogP contribution is 2.20. The van der Waals surface area contributed by atoms with Crippen LogP contribution in [0.25, 0.3) is 0 Å². The van der Waals surface area contributed by atoms with Gasteiger partial charge < -0.3 is 9.80 Å². The smallest absolute Gasteiger partial charge is 0.242 e. The van der Waals surface area contributed by atoms with Crippen LogP contribution in [0, 0.1) is 0 Å². The van der Waals surface area contributed by atoms with Gasteiger partial charge in [0.15, 0.2) is 0 Å². The molecule has 2 aliphatic heterocycles. The molecular formula is C13H22N2O2. The van der Waals surface area contributed by atoms with Gasteiger partial charge in [-0.3, -0.25) is 9.59 Å².